The molecule has 0 aromatic heterocycles. The Balaban J connectivity index is 2.58. The topological polar surface area (TPSA) is 75.3 Å². The zero-order chi connectivity index (χ0) is 13.7. The SMILES string of the molecule is CC(C)CC(N)CNC(=O)c1cc(O)ccc1Cl. The first-order chi connectivity index (χ1) is 8.40. The van der Waals surface area contributed by atoms with Gasteiger partial charge in [0.25, 0.3) is 5.91 Å². The van der Waals surface area contributed by atoms with E-state index in [-0.39, 0.29) is 23.3 Å². The smallest absolute Gasteiger partial charge is 0.252 e. The molecule has 1 aromatic rings. The van der Waals surface area contributed by atoms with Crippen LogP contribution >= 0.6 is 11.6 Å². The maximum absolute atomic E-state index is 11.8. The van der Waals surface area contributed by atoms with Gasteiger partial charge in [-0.3, -0.25) is 4.79 Å². The van der Waals surface area contributed by atoms with Gasteiger partial charge in [0, 0.05) is 12.6 Å². The number of benzene rings is 1. The van der Waals surface area contributed by atoms with E-state index >= 15 is 0 Å². The third-order valence-corrected chi connectivity index (χ3v) is 2.82. The van der Waals surface area contributed by atoms with Crippen LogP contribution in [0.2, 0.25) is 5.02 Å². The summed E-state index contributed by atoms with van der Waals surface area (Å²) in [6.45, 7) is 4.55. The highest BCUT2D eigenvalue weighted by Crippen LogP contribution is 2.20. The Labute approximate surface area is 112 Å². The summed E-state index contributed by atoms with van der Waals surface area (Å²) in [6, 6.07) is 4.18. The van der Waals surface area contributed by atoms with Crippen LogP contribution in [0.1, 0.15) is 30.6 Å². The highest BCUT2D eigenvalue weighted by atomic mass is 35.5. The second-order valence-electron chi connectivity index (χ2n) is 4.76. The van der Waals surface area contributed by atoms with Crippen LogP contribution in [-0.2, 0) is 0 Å². The second-order valence-corrected chi connectivity index (χ2v) is 5.17. The summed E-state index contributed by atoms with van der Waals surface area (Å²) >= 11 is 5.89. The lowest BCUT2D eigenvalue weighted by atomic mass is 10.0. The number of phenolic OH excluding ortho intramolecular Hbond substituents is 1. The third-order valence-electron chi connectivity index (χ3n) is 2.49. The standard InChI is InChI=1S/C13H19ClN2O2/c1-8(2)5-9(15)7-16-13(18)11-6-10(17)3-4-12(11)14/h3-4,6,8-9,17H,5,7,15H2,1-2H3,(H,16,18). The van der Waals surface area contributed by atoms with Gasteiger partial charge in [0.15, 0.2) is 0 Å². The number of hydrogen-bond acceptors (Lipinski definition) is 3. The molecule has 4 N–H and O–H groups in total. The van der Waals surface area contributed by atoms with Gasteiger partial charge in [-0.05, 0) is 30.5 Å². The highest BCUT2D eigenvalue weighted by molar-refractivity contribution is 6.33. The van der Waals surface area contributed by atoms with Crippen LogP contribution in [-0.4, -0.2) is 23.6 Å². The zero-order valence-corrected chi connectivity index (χ0v) is 11.4. The molecule has 1 rings (SSSR count). The minimum atomic E-state index is -0.324. The maximum Gasteiger partial charge on any atom is 0.252 e. The Hall–Kier alpha value is -1.26. The van der Waals surface area contributed by atoms with E-state index in [0.29, 0.717) is 17.5 Å². The first-order valence-electron chi connectivity index (χ1n) is 5.92. The first-order valence-corrected chi connectivity index (χ1v) is 6.30. The van der Waals surface area contributed by atoms with Crippen molar-refractivity contribution in [3.05, 3.63) is 28.8 Å². The van der Waals surface area contributed by atoms with Crippen molar-refractivity contribution in [1.82, 2.24) is 5.32 Å². The molecule has 18 heavy (non-hydrogen) atoms. The van der Waals surface area contributed by atoms with Crippen molar-refractivity contribution >= 4 is 17.5 Å². The van der Waals surface area contributed by atoms with Crippen molar-refractivity contribution in [2.24, 2.45) is 11.7 Å². The third kappa shape index (κ3) is 4.55. The molecule has 1 aromatic carbocycles. The molecule has 5 heteroatoms. The van der Waals surface area contributed by atoms with Crippen molar-refractivity contribution in [2.45, 2.75) is 26.3 Å². The molecule has 0 fully saturated rings. The van der Waals surface area contributed by atoms with Crippen LogP contribution < -0.4 is 11.1 Å². The molecule has 0 radical (unpaired) electrons. The molecular weight excluding hydrogens is 252 g/mol. The number of rotatable bonds is 5. The van der Waals surface area contributed by atoms with E-state index in [1.807, 2.05) is 0 Å². The largest absolute Gasteiger partial charge is 0.508 e. The molecule has 100 valence electrons. The normalized spacial score (nSPS) is 12.5. The van der Waals surface area contributed by atoms with Crippen molar-refractivity contribution in [3.8, 4) is 5.75 Å². The van der Waals surface area contributed by atoms with E-state index in [0.717, 1.165) is 6.42 Å². The van der Waals surface area contributed by atoms with E-state index in [1.54, 1.807) is 0 Å². The summed E-state index contributed by atoms with van der Waals surface area (Å²) in [5.74, 6) is 0.174. The Morgan fingerprint density at radius 1 is 1.50 bits per heavy atom. The van der Waals surface area contributed by atoms with Crippen LogP contribution in [0.5, 0.6) is 5.75 Å². The number of amides is 1. The lowest BCUT2D eigenvalue weighted by molar-refractivity contribution is 0.0950. The Bertz CT molecular complexity index is 421. The highest BCUT2D eigenvalue weighted by Gasteiger charge is 2.13. The van der Waals surface area contributed by atoms with Crippen molar-refractivity contribution in [1.29, 1.82) is 0 Å². The number of carbonyl (C=O) groups excluding carboxylic acids is 1. The summed E-state index contributed by atoms with van der Waals surface area (Å²) in [5, 5.41) is 12.3. The van der Waals surface area contributed by atoms with Crippen molar-refractivity contribution in [2.75, 3.05) is 6.54 Å². The summed E-state index contributed by atoms with van der Waals surface area (Å²) < 4.78 is 0. The summed E-state index contributed by atoms with van der Waals surface area (Å²) in [7, 11) is 0. The van der Waals surface area contributed by atoms with Crippen LogP contribution in [0.15, 0.2) is 18.2 Å². The number of nitrogens with one attached hydrogen (secondary N) is 1. The van der Waals surface area contributed by atoms with Gasteiger partial charge in [-0.2, -0.15) is 0 Å². The number of halogens is 1. The van der Waals surface area contributed by atoms with E-state index in [9.17, 15) is 9.90 Å². The first kappa shape index (κ1) is 14.8. The molecule has 0 heterocycles. The van der Waals surface area contributed by atoms with Crippen LogP contribution in [0.4, 0.5) is 0 Å². The Morgan fingerprint density at radius 3 is 2.78 bits per heavy atom. The van der Waals surface area contributed by atoms with Gasteiger partial charge in [0.05, 0.1) is 10.6 Å². The molecule has 4 nitrogen and oxygen atoms in total. The molecule has 0 aliphatic carbocycles. The predicted octanol–water partition coefficient (Wildman–Crippen LogP) is 2.15. The second kappa shape index (κ2) is 6.61. The summed E-state index contributed by atoms with van der Waals surface area (Å²) in [4.78, 5) is 11.8. The molecule has 0 bridgehead atoms. The van der Waals surface area contributed by atoms with Gasteiger partial charge in [-0.15, -0.1) is 0 Å². The van der Waals surface area contributed by atoms with Crippen molar-refractivity contribution < 1.29 is 9.90 Å². The number of carbonyl (C=O) groups is 1. The maximum atomic E-state index is 11.8. The fraction of sp³-hybridized carbons (Fsp3) is 0.462. The van der Waals surface area contributed by atoms with Crippen LogP contribution in [0, 0.1) is 5.92 Å². The summed E-state index contributed by atoms with van der Waals surface area (Å²) in [5.41, 5.74) is 6.13. The van der Waals surface area contributed by atoms with E-state index in [1.165, 1.54) is 18.2 Å². The van der Waals surface area contributed by atoms with Gasteiger partial charge in [-0.25, -0.2) is 0 Å². The lowest BCUT2D eigenvalue weighted by Gasteiger charge is -2.15. The molecule has 0 saturated heterocycles. The minimum Gasteiger partial charge on any atom is -0.508 e. The molecule has 1 unspecified atom stereocenters. The number of aromatic hydroxyl groups is 1. The van der Waals surface area contributed by atoms with Crippen molar-refractivity contribution in [3.63, 3.8) is 0 Å². The molecule has 0 aliphatic heterocycles. The summed E-state index contributed by atoms with van der Waals surface area (Å²) in [6.07, 6.45) is 0.841. The zero-order valence-electron chi connectivity index (χ0n) is 10.6. The fourth-order valence-electron chi connectivity index (χ4n) is 1.70. The molecule has 0 saturated carbocycles. The predicted molar refractivity (Wildman–Crippen MR) is 72.9 cm³/mol. The van der Waals surface area contributed by atoms with Gasteiger partial charge in [0.1, 0.15) is 5.75 Å². The minimum absolute atomic E-state index is 0.0102. The van der Waals surface area contributed by atoms with E-state index in [4.69, 9.17) is 17.3 Å². The quantitative estimate of drug-likeness (QED) is 0.767. The van der Waals surface area contributed by atoms with Gasteiger partial charge in [0.2, 0.25) is 0 Å². The lowest BCUT2D eigenvalue weighted by Crippen LogP contribution is -2.38. The van der Waals surface area contributed by atoms with Gasteiger partial charge < -0.3 is 16.2 Å². The number of phenols is 1. The molecule has 0 aliphatic rings. The average molecular weight is 271 g/mol. The van der Waals surface area contributed by atoms with E-state index < -0.39 is 0 Å². The monoisotopic (exact) mass is 270 g/mol. The fourth-order valence-corrected chi connectivity index (χ4v) is 1.90. The molecule has 1 atom stereocenters. The molecule has 1 amide bonds. The molecular formula is C13H19ClN2O2. The van der Waals surface area contributed by atoms with Crippen LogP contribution in [0.25, 0.3) is 0 Å². The van der Waals surface area contributed by atoms with Gasteiger partial charge in [-0.1, -0.05) is 25.4 Å². The average Bonchev–Trinajstić information content (AvgIpc) is 2.28. The number of hydrogen-bond donors (Lipinski definition) is 3. The molecule has 0 spiro atoms. The number of nitrogens with two attached hydrogens (primary N) is 1. The Kier molecular flexibility index (Phi) is 5.44. The Morgan fingerprint density at radius 2 is 2.17 bits per heavy atom. The van der Waals surface area contributed by atoms with Crippen LogP contribution in [0.3, 0.4) is 0 Å². The van der Waals surface area contributed by atoms with E-state index in [2.05, 4.69) is 19.2 Å². The van der Waals surface area contributed by atoms with Gasteiger partial charge >= 0.3 is 0 Å².